The van der Waals surface area contributed by atoms with Crippen molar-refractivity contribution in [1.82, 2.24) is 10.3 Å². The van der Waals surface area contributed by atoms with E-state index in [-0.39, 0.29) is 12.4 Å². The summed E-state index contributed by atoms with van der Waals surface area (Å²) < 4.78 is 0. The minimum absolute atomic E-state index is 0. The molecule has 0 aliphatic carbocycles. The van der Waals surface area contributed by atoms with Crippen LogP contribution in [0.2, 0.25) is 10.0 Å². The van der Waals surface area contributed by atoms with E-state index in [1.165, 1.54) is 0 Å². The summed E-state index contributed by atoms with van der Waals surface area (Å²) >= 11 is 11.9. The summed E-state index contributed by atoms with van der Waals surface area (Å²) in [7, 11) is 0. The highest BCUT2D eigenvalue weighted by molar-refractivity contribution is 6.35. The van der Waals surface area contributed by atoms with Crippen LogP contribution in [-0.4, -0.2) is 4.98 Å². The van der Waals surface area contributed by atoms with Crippen LogP contribution in [0.15, 0.2) is 42.7 Å². The minimum atomic E-state index is 0. The Morgan fingerprint density at radius 3 is 2.61 bits per heavy atom. The van der Waals surface area contributed by atoms with Gasteiger partial charge in [-0.05, 0) is 29.3 Å². The molecule has 96 valence electrons. The van der Waals surface area contributed by atoms with Gasteiger partial charge < -0.3 is 5.32 Å². The van der Waals surface area contributed by atoms with Crippen LogP contribution < -0.4 is 5.32 Å². The average Bonchev–Trinajstić information content (AvgIpc) is 2.33. The van der Waals surface area contributed by atoms with Crippen molar-refractivity contribution in [3.05, 3.63) is 63.9 Å². The molecule has 1 heterocycles. The molecular weight excluding hydrogens is 291 g/mol. The van der Waals surface area contributed by atoms with Crippen molar-refractivity contribution in [3.63, 3.8) is 0 Å². The predicted molar refractivity (Wildman–Crippen MR) is 78.5 cm³/mol. The molecule has 0 saturated carbocycles. The quantitative estimate of drug-likeness (QED) is 0.920. The molecule has 18 heavy (non-hydrogen) atoms. The number of hydrogen-bond donors (Lipinski definition) is 1. The van der Waals surface area contributed by atoms with E-state index in [1.807, 2.05) is 30.5 Å². The van der Waals surface area contributed by atoms with Crippen molar-refractivity contribution in [1.29, 1.82) is 0 Å². The molecule has 1 aromatic heterocycles. The lowest BCUT2D eigenvalue weighted by molar-refractivity contribution is 0.691. The average molecular weight is 304 g/mol. The number of benzene rings is 1. The van der Waals surface area contributed by atoms with Crippen LogP contribution in [0.3, 0.4) is 0 Å². The van der Waals surface area contributed by atoms with Gasteiger partial charge in [0.1, 0.15) is 0 Å². The summed E-state index contributed by atoms with van der Waals surface area (Å²) in [6, 6.07) is 9.48. The fourth-order valence-corrected chi connectivity index (χ4v) is 1.98. The van der Waals surface area contributed by atoms with Crippen LogP contribution in [0.25, 0.3) is 0 Å². The summed E-state index contributed by atoms with van der Waals surface area (Å²) in [5.41, 5.74) is 2.19. The van der Waals surface area contributed by atoms with Crippen LogP contribution >= 0.6 is 35.6 Å². The molecule has 2 nitrogen and oxygen atoms in total. The lowest BCUT2D eigenvalue weighted by Crippen LogP contribution is -2.13. The monoisotopic (exact) mass is 302 g/mol. The van der Waals surface area contributed by atoms with Crippen LogP contribution in [0.1, 0.15) is 11.1 Å². The van der Waals surface area contributed by atoms with E-state index in [0.29, 0.717) is 16.6 Å². The van der Waals surface area contributed by atoms with Gasteiger partial charge in [0.25, 0.3) is 0 Å². The first-order valence-electron chi connectivity index (χ1n) is 5.29. The normalized spacial score (nSPS) is 9.89. The van der Waals surface area contributed by atoms with E-state index in [9.17, 15) is 0 Å². The van der Waals surface area contributed by atoms with Crippen molar-refractivity contribution in [2.24, 2.45) is 0 Å². The van der Waals surface area contributed by atoms with Crippen molar-refractivity contribution in [3.8, 4) is 0 Å². The lowest BCUT2D eigenvalue weighted by atomic mass is 10.2. The van der Waals surface area contributed by atoms with Crippen LogP contribution in [0.4, 0.5) is 0 Å². The lowest BCUT2D eigenvalue weighted by Gasteiger charge is -2.06. The Morgan fingerprint density at radius 2 is 1.94 bits per heavy atom. The van der Waals surface area contributed by atoms with E-state index >= 15 is 0 Å². The summed E-state index contributed by atoms with van der Waals surface area (Å²) in [6.45, 7) is 1.48. The zero-order valence-corrected chi connectivity index (χ0v) is 11.9. The zero-order chi connectivity index (χ0) is 12.1. The molecule has 5 heteroatoms. The van der Waals surface area contributed by atoms with Gasteiger partial charge in [-0.15, -0.1) is 12.4 Å². The minimum Gasteiger partial charge on any atom is -0.309 e. The molecule has 0 saturated heterocycles. The van der Waals surface area contributed by atoms with Crippen molar-refractivity contribution in [2.45, 2.75) is 13.1 Å². The van der Waals surface area contributed by atoms with Gasteiger partial charge in [-0.3, -0.25) is 4.98 Å². The maximum atomic E-state index is 6.07. The van der Waals surface area contributed by atoms with Crippen molar-refractivity contribution < 1.29 is 0 Å². The maximum Gasteiger partial charge on any atom is 0.0465 e. The number of pyridine rings is 1. The Bertz CT molecular complexity index is 489. The fourth-order valence-electron chi connectivity index (χ4n) is 1.51. The SMILES string of the molecule is Cl.Clc1ccc(CNCc2cccnc2)c(Cl)c1. The molecule has 0 atom stereocenters. The molecule has 1 N–H and O–H groups in total. The Kier molecular flexibility index (Phi) is 6.44. The van der Waals surface area contributed by atoms with E-state index in [1.54, 1.807) is 12.3 Å². The standard InChI is InChI=1S/C13H12Cl2N2.ClH/c14-12-4-3-11(13(15)6-12)9-17-8-10-2-1-5-16-7-10;/h1-7,17H,8-9H2;1H. The van der Waals surface area contributed by atoms with E-state index < -0.39 is 0 Å². The maximum absolute atomic E-state index is 6.07. The first-order valence-corrected chi connectivity index (χ1v) is 6.05. The number of rotatable bonds is 4. The third-order valence-corrected chi connectivity index (χ3v) is 2.97. The van der Waals surface area contributed by atoms with Crippen molar-refractivity contribution in [2.75, 3.05) is 0 Å². The Labute approximate surface area is 123 Å². The Morgan fingerprint density at radius 1 is 1.11 bits per heavy atom. The topological polar surface area (TPSA) is 24.9 Å². The fraction of sp³-hybridized carbons (Fsp3) is 0.154. The predicted octanol–water partition coefficient (Wildman–Crippen LogP) is 4.10. The first-order chi connectivity index (χ1) is 8.25. The number of nitrogens with one attached hydrogen (secondary N) is 1. The van der Waals surface area contributed by atoms with Crippen LogP contribution in [0, 0.1) is 0 Å². The number of aromatic nitrogens is 1. The number of hydrogen-bond acceptors (Lipinski definition) is 2. The van der Waals surface area contributed by atoms with Crippen LogP contribution in [0.5, 0.6) is 0 Å². The van der Waals surface area contributed by atoms with Gasteiger partial charge in [0.2, 0.25) is 0 Å². The molecular formula is C13H13Cl3N2. The van der Waals surface area contributed by atoms with Gasteiger partial charge >= 0.3 is 0 Å². The first kappa shape index (κ1) is 15.3. The molecule has 0 radical (unpaired) electrons. The molecule has 0 bridgehead atoms. The highest BCUT2D eigenvalue weighted by Gasteiger charge is 2.00. The molecule has 0 amide bonds. The largest absolute Gasteiger partial charge is 0.309 e. The van der Waals surface area contributed by atoms with Crippen LogP contribution in [-0.2, 0) is 13.1 Å². The molecule has 2 rings (SSSR count). The smallest absolute Gasteiger partial charge is 0.0465 e. The summed E-state index contributed by atoms with van der Waals surface area (Å²) in [5.74, 6) is 0. The second kappa shape index (κ2) is 7.59. The van der Waals surface area contributed by atoms with Crippen molar-refractivity contribution >= 4 is 35.6 Å². The van der Waals surface area contributed by atoms with E-state index in [0.717, 1.165) is 17.7 Å². The van der Waals surface area contributed by atoms with Gasteiger partial charge in [-0.2, -0.15) is 0 Å². The van der Waals surface area contributed by atoms with Gasteiger partial charge in [0, 0.05) is 35.5 Å². The highest BCUT2D eigenvalue weighted by atomic mass is 35.5. The summed E-state index contributed by atoms with van der Waals surface area (Å²) in [6.07, 6.45) is 3.61. The summed E-state index contributed by atoms with van der Waals surface area (Å²) in [4.78, 5) is 4.06. The third-order valence-electron chi connectivity index (χ3n) is 2.38. The van der Waals surface area contributed by atoms with Gasteiger partial charge in [-0.1, -0.05) is 35.3 Å². The summed E-state index contributed by atoms with van der Waals surface area (Å²) in [5, 5.41) is 4.66. The van der Waals surface area contributed by atoms with Gasteiger partial charge in [0.15, 0.2) is 0 Å². The Balaban J connectivity index is 0.00000162. The van der Waals surface area contributed by atoms with Gasteiger partial charge in [0.05, 0.1) is 0 Å². The number of nitrogens with zero attached hydrogens (tertiary/aromatic N) is 1. The molecule has 0 spiro atoms. The second-order valence-electron chi connectivity index (χ2n) is 3.70. The van der Waals surface area contributed by atoms with Gasteiger partial charge in [-0.25, -0.2) is 0 Å². The third kappa shape index (κ3) is 4.46. The molecule has 0 aliphatic heterocycles. The van der Waals surface area contributed by atoms with E-state index in [2.05, 4.69) is 10.3 Å². The Hall–Kier alpha value is -0.800. The van der Waals surface area contributed by atoms with E-state index in [4.69, 9.17) is 23.2 Å². The number of halogens is 3. The molecule has 0 unspecified atom stereocenters. The molecule has 0 aliphatic rings. The molecule has 2 aromatic rings. The highest BCUT2D eigenvalue weighted by Crippen LogP contribution is 2.20. The molecule has 0 fully saturated rings. The molecule has 1 aromatic carbocycles. The second-order valence-corrected chi connectivity index (χ2v) is 4.54. The zero-order valence-electron chi connectivity index (χ0n) is 9.57.